The van der Waals surface area contributed by atoms with Gasteiger partial charge < -0.3 is 16.8 Å². The van der Waals surface area contributed by atoms with E-state index in [9.17, 15) is 4.79 Å². The molecule has 1 aromatic rings. The molecule has 1 saturated carbocycles. The SMILES string of the molecule is CCC1CCC(NC(=O)c2cc(N)cc(N)c2)C1C. The number of hydrogen-bond donors (Lipinski definition) is 3. The third-order valence-electron chi connectivity index (χ3n) is 4.31. The van der Waals surface area contributed by atoms with Gasteiger partial charge in [-0.3, -0.25) is 4.79 Å². The van der Waals surface area contributed by atoms with Crippen molar-refractivity contribution in [3.63, 3.8) is 0 Å². The molecule has 0 heterocycles. The van der Waals surface area contributed by atoms with Gasteiger partial charge in [-0.2, -0.15) is 0 Å². The topological polar surface area (TPSA) is 81.1 Å². The zero-order chi connectivity index (χ0) is 14.0. The predicted molar refractivity (Wildman–Crippen MR) is 78.7 cm³/mol. The quantitative estimate of drug-likeness (QED) is 0.731. The van der Waals surface area contributed by atoms with Crippen LogP contribution < -0.4 is 16.8 Å². The van der Waals surface area contributed by atoms with Crippen molar-refractivity contribution in [3.8, 4) is 0 Å². The molecule has 1 amide bonds. The number of rotatable bonds is 3. The maximum absolute atomic E-state index is 12.2. The Morgan fingerprint density at radius 2 is 1.89 bits per heavy atom. The van der Waals surface area contributed by atoms with Gasteiger partial charge in [0.2, 0.25) is 0 Å². The van der Waals surface area contributed by atoms with Gasteiger partial charge in [0.15, 0.2) is 0 Å². The first-order valence-electron chi connectivity index (χ1n) is 6.98. The van der Waals surface area contributed by atoms with Crippen LogP contribution in [0.1, 0.15) is 43.5 Å². The molecule has 3 unspecified atom stereocenters. The van der Waals surface area contributed by atoms with Crippen molar-refractivity contribution in [1.29, 1.82) is 0 Å². The van der Waals surface area contributed by atoms with Crippen molar-refractivity contribution in [3.05, 3.63) is 23.8 Å². The lowest BCUT2D eigenvalue weighted by Crippen LogP contribution is -2.37. The molecule has 1 aliphatic rings. The van der Waals surface area contributed by atoms with Gasteiger partial charge in [-0.15, -0.1) is 0 Å². The summed E-state index contributed by atoms with van der Waals surface area (Å²) in [6.45, 7) is 4.43. The molecular weight excluding hydrogens is 238 g/mol. The van der Waals surface area contributed by atoms with Crippen LogP contribution in [-0.4, -0.2) is 11.9 Å². The lowest BCUT2D eigenvalue weighted by atomic mass is 9.93. The molecule has 0 aromatic heterocycles. The molecule has 19 heavy (non-hydrogen) atoms. The fourth-order valence-electron chi connectivity index (χ4n) is 3.09. The molecule has 2 rings (SSSR count). The van der Waals surface area contributed by atoms with E-state index < -0.39 is 0 Å². The van der Waals surface area contributed by atoms with Crippen LogP contribution in [0.3, 0.4) is 0 Å². The van der Waals surface area contributed by atoms with Crippen LogP contribution in [0.5, 0.6) is 0 Å². The predicted octanol–water partition coefficient (Wildman–Crippen LogP) is 2.41. The summed E-state index contributed by atoms with van der Waals surface area (Å²) in [5, 5.41) is 3.11. The van der Waals surface area contributed by atoms with Crippen LogP contribution in [0.15, 0.2) is 18.2 Å². The van der Waals surface area contributed by atoms with E-state index in [-0.39, 0.29) is 11.9 Å². The maximum Gasteiger partial charge on any atom is 0.251 e. The Labute approximate surface area is 114 Å². The standard InChI is InChI=1S/C15H23N3O/c1-3-10-4-5-14(9(10)2)18-15(19)11-6-12(16)8-13(17)7-11/h6-10,14H,3-5,16-17H2,1-2H3,(H,18,19). The minimum atomic E-state index is -0.0763. The molecule has 5 N–H and O–H groups in total. The molecule has 0 radical (unpaired) electrons. The highest BCUT2D eigenvalue weighted by atomic mass is 16.1. The normalized spacial score (nSPS) is 26.3. The lowest BCUT2D eigenvalue weighted by Gasteiger charge is -2.21. The van der Waals surface area contributed by atoms with Crippen LogP contribution >= 0.6 is 0 Å². The Morgan fingerprint density at radius 3 is 2.42 bits per heavy atom. The van der Waals surface area contributed by atoms with Crippen molar-refractivity contribution in [2.24, 2.45) is 11.8 Å². The average Bonchev–Trinajstić information content (AvgIpc) is 2.69. The van der Waals surface area contributed by atoms with Crippen molar-refractivity contribution in [2.45, 2.75) is 39.2 Å². The molecule has 1 fully saturated rings. The first-order valence-corrected chi connectivity index (χ1v) is 6.98. The number of anilines is 2. The summed E-state index contributed by atoms with van der Waals surface area (Å²) in [6.07, 6.45) is 3.43. The van der Waals surface area contributed by atoms with Crippen LogP contribution in [0.2, 0.25) is 0 Å². The third kappa shape index (κ3) is 3.00. The Bertz CT molecular complexity index is 452. The van der Waals surface area contributed by atoms with Gasteiger partial charge in [0, 0.05) is 23.0 Å². The molecule has 0 spiro atoms. The zero-order valence-electron chi connectivity index (χ0n) is 11.6. The van der Waals surface area contributed by atoms with Crippen molar-refractivity contribution in [1.82, 2.24) is 5.32 Å². The van der Waals surface area contributed by atoms with Gasteiger partial charge in [0.25, 0.3) is 5.91 Å². The van der Waals surface area contributed by atoms with Gasteiger partial charge in [-0.05, 0) is 42.9 Å². The Morgan fingerprint density at radius 1 is 1.26 bits per heavy atom. The highest BCUT2D eigenvalue weighted by Crippen LogP contribution is 2.34. The smallest absolute Gasteiger partial charge is 0.251 e. The number of nitrogen functional groups attached to an aromatic ring is 2. The zero-order valence-corrected chi connectivity index (χ0v) is 11.6. The molecule has 104 valence electrons. The van der Waals surface area contributed by atoms with Gasteiger partial charge in [0.05, 0.1) is 0 Å². The molecule has 0 bridgehead atoms. The molecule has 1 aliphatic carbocycles. The fraction of sp³-hybridized carbons (Fsp3) is 0.533. The number of benzene rings is 1. The van der Waals surface area contributed by atoms with Gasteiger partial charge in [-0.1, -0.05) is 20.3 Å². The van der Waals surface area contributed by atoms with Crippen LogP contribution in [0.25, 0.3) is 0 Å². The van der Waals surface area contributed by atoms with E-state index in [1.807, 2.05) is 0 Å². The summed E-state index contributed by atoms with van der Waals surface area (Å²) in [7, 11) is 0. The van der Waals surface area contributed by atoms with Crippen LogP contribution in [0.4, 0.5) is 11.4 Å². The lowest BCUT2D eigenvalue weighted by molar-refractivity contribution is 0.0926. The molecule has 4 nitrogen and oxygen atoms in total. The summed E-state index contributed by atoms with van der Waals surface area (Å²) in [5.74, 6) is 1.18. The highest BCUT2D eigenvalue weighted by Gasteiger charge is 2.32. The van der Waals surface area contributed by atoms with E-state index in [4.69, 9.17) is 11.5 Å². The summed E-state index contributed by atoms with van der Waals surface area (Å²) < 4.78 is 0. The third-order valence-corrected chi connectivity index (χ3v) is 4.31. The molecular formula is C15H23N3O. The van der Waals surface area contributed by atoms with Gasteiger partial charge in [0.1, 0.15) is 0 Å². The maximum atomic E-state index is 12.2. The number of nitrogens with two attached hydrogens (primary N) is 2. The second-order valence-electron chi connectivity index (χ2n) is 5.57. The number of carbonyl (C=O) groups is 1. The fourth-order valence-corrected chi connectivity index (χ4v) is 3.09. The first-order chi connectivity index (χ1) is 9.01. The van der Waals surface area contributed by atoms with Crippen molar-refractivity contribution in [2.75, 3.05) is 11.5 Å². The number of hydrogen-bond acceptors (Lipinski definition) is 3. The molecule has 4 heteroatoms. The second kappa shape index (κ2) is 5.51. The Balaban J connectivity index is 2.05. The van der Waals surface area contributed by atoms with Gasteiger partial charge >= 0.3 is 0 Å². The van der Waals surface area contributed by atoms with Crippen LogP contribution in [-0.2, 0) is 0 Å². The van der Waals surface area contributed by atoms with Crippen molar-refractivity contribution >= 4 is 17.3 Å². The largest absolute Gasteiger partial charge is 0.399 e. The van der Waals surface area contributed by atoms with E-state index >= 15 is 0 Å². The second-order valence-corrected chi connectivity index (χ2v) is 5.57. The monoisotopic (exact) mass is 261 g/mol. The number of nitrogens with one attached hydrogen (secondary N) is 1. The van der Waals surface area contributed by atoms with E-state index in [1.54, 1.807) is 18.2 Å². The van der Waals surface area contributed by atoms with Crippen LogP contribution in [0, 0.1) is 11.8 Å². The van der Waals surface area contributed by atoms with E-state index in [0.29, 0.717) is 22.9 Å². The molecule has 0 aliphatic heterocycles. The summed E-state index contributed by atoms with van der Waals surface area (Å²) in [6, 6.07) is 5.26. The average molecular weight is 261 g/mol. The Kier molecular flexibility index (Phi) is 3.98. The van der Waals surface area contributed by atoms with Gasteiger partial charge in [-0.25, -0.2) is 0 Å². The number of amides is 1. The number of carbonyl (C=O) groups excluding carboxylic acids is 1. The Hall–Kier alpha value is -1.71. The summed E-state index contributed by atoms with van der Waals surface area (Å²) in [4.78, 5) is 12.2. The van der Waals surface area contributed by atoms with E-state index in [1.165, 1.54) is 12.8 Å². The van der Waals surface area contributed by atoms with Crippen molar-refractivity contribution < 1.29 is 4.79 Å². The van der Waals surface area contributed by atoms with E-state index in [0.717, 1.165) is 12.3 Å². The molecule has 0 saturated heterocycles. The highest BCUT2D eigenvalue weighted by molar-refractivity contribution is 5.96. The molecule has 3 atom stereocenters. The molecule has 1 aromatic carbocycles. The minimum absolute atomic E-state index is 0.0763. The van der Waals surface area contributed by atoms with E-state index in [2.05, 4.69) is 19.2 Å². The first kappa shape index (κ1) is 13.7. The minimum Gasteiger partial charge on any atom is -0.399 e. The summed E-state index contributed by atoms with van der Waals surface area (Å²) in [5.41, 5.74) is 13.0. The summed E-state index contributed by atoms with van der Waals surface area (Å²) >= 11 is 0.